The molecule has 124 valence electrons. The molecule has 0 aliphatic carbocycles. The topological polar surface area (TPSA) is 35.1 Å². The van der Waals surface area contributed by atoms with Gasteiger partial charge < -0.3 is 14.8 Å². The van der Waals surface area contributed by atoms with Crippen LogP contribution in [0.15, 0.2) is 48.5 Å². The molecule has 2 aromatic rings. The molecule has 3 nitrogen and oxygen atoms in total. The second kappa shape index (κ2) is 10.3. The van der Waals surface area contributed by atoms with Gasteiger partial charge in [-0.2, -0.15) is 0 Å². The highest BCUT2D eigenvalue weighted by atomic mass is 35.5. The van der Waals surface area contributed by atoms with Crippen LogP contribution in [0, 0.1) is 0 Å². The van der Waals surface area contributed by atoms with Gasteiger partial charge in [-0.1, -0.05) is 23.7 Å². The second-order valence-electron chi connectivity index (χ2n) is 5.39. The molecule has 2 aromatic carbocycles. The molecule has 4 heteroatoms. The molecule has 0 aromatic heterocycles. The van der Waals surface area contributed by atoms with Crippen molar-refractivity contribution in [1.29, 1.82) is 0 Å². The number of rotatable bonds is 10. The summed E-state index contributed by atoms with van der Waals surface area (Å²) in [6.45, 7) is 6.32. The first-order chi connectivity index (χ1) is 11.3. The fourth-order valence-corrected chi connectivity index (χ4v) is 2.34. The fourth-order valence-electron chi connectivity index (χ4n) is 2.21. The van der Waals surface area contributed by atoms with Gasteiger partial charge in [0.05, 0.1) is 13.2 Å². The first-order valence-electron chi connectivity index (χ1n) is 8.13. The maximum Gasteiger partial charge on any atom is 0.119 e. The minimum atomic E-state index is 0.556. The Morgan fingerprint density at radius 3 is 2.35 bits per heavy atom. The summed E-state index contributed by atoms with van der Waals surface area (Å²) >= 11 is 5.87. The van der Waals surface area contributed by atoms with Crippen LogP contribution in [0.4, 0.5) is 0 Å². The third kappa shape index (κ3) is 7.04. The zero-order valence-electron chi connectivity index (χ0n) is 13.6. The highest BCUT2D eigenvalue weighted by molar-refractivity contribution is 6.30. The van der Waals surface area contributed by atoms with Crippen molar-refractivity contribution in [3.8, 4) is 5.75 Å². The van der Waals surface area contributed by atoms with Crippen LogP contribution in [0.3, 0.4) is 0 Å². The lowest BCUT2D eigenvalue weighted by Crippen LogP contribution is -2.82. The Labute approximate surface area is 143 Å². The van der Waals surface area contributed by atoms with Gasteiger partial charge >= 0.3 is 0 Å². The summed E-state index contributed by atoms with van der Waals surface area (Å²) in [5.74, 6) is 0.889. The number of quaternary nitrogens is 1. The molecule has 0 saturated heterocycles. The SMILES string of the molecule is CCOCCC[NH2+]Cc1ccc(OCc2ccc(Cl)cc2)cc1. The predicted octanol–water partition coefficient (Wildman–Crippen LogP) is 3.41. The van der Waals surface area contributed by atoms with E-state index in [-0.39, 0.29) is 0 Å². The van der Waals surface area contributed by atoms with E-state index in [1.807, 2.05) is 43.3 Å². The number of hydrogen-bond donors (Lipinski definition) is 1. The standard InChI is InChI=1S/C19H24ClNO2/c1-2-22-13-3-12-21-14-16-6-10-19(11-7-16)23-15-17-4-8-18(20)9-5-17/h4-11,21H,2-3,12-15H2,1H3/p+1. The number of ether oxygens (including phenoxy) is 2. The van der Waals surface area contributed by atoms with Crippen molar-refractivity contribution in [2.24, 2.45) is 0 Å². The van der Waals surface area contributed by atoms with Crippen LogP contribution in [0.25, 0.3) is 0 Å². The van der Waals surface area contributed by atoms with Crippen LogP contribution >= 0.6 is 11.6 Å². The molecule has 0 spiro atoms. The van der Waals surface area contributed by atoms with E-state index in [0.29, 0.717) is 6.61 Å². The third-order valence-electron chi connectivity index (χ3n) is 3.52. The fraction of sp³-hybridized carbons (Fsp3) is 0.368. The Balaban J connectivity index is 1.68. The van der Waals surface area contributed by atoms with E-state index >= 15 is 0 Å². The zero-order chi connectivity index (χ0) is 16.3. The van der Waals surface area contributed by atoms with Gasteiger partial charge in [0.1, 0.15) is 18.9 Å². The van der Waals surface area contributed by atoms with E-state index in [9.17, 15) is 0 Å². The molecule has 0 aliphatic heterocycles. The van der Waals surface area contributed by atoms with E-state index < -0.39 is 0 Å². The van der Waals surface area contributed by atoms with Crippen LogP contribution in [0.1, 0.15) is 24.5 Å². The molecular formula is C19H25ClNO2+. The second-order valence-corrected chi connectivity index (χ2v) is 5.83. The Hall–Kier alpha value is -1.55. The van der Waals surface area contributed by atoms with Crippen LogP contribution in [-0.4, -0.2) is 19.8 Å². The van der Waals surface area contributed by atoms with Crippen molar-refractivity contribution in [2.45, 2.75) is 26.5 Å². The molecule has 0 saturated carbocycles. The molecule has 0 aliphatic rings. The van der Waals surface area contributed by atoms with Crippen molar-refractivity contribution in [3.63, 3.8) is 0 Å². The highest BCUT2D eigenvalue weighted by Gasteiger charge is 1.99. The maximum atomic E-state index is 5.87. The summed E-state index contributed by atoms with van der Waals surface area (Å²) in [5, 5.41) is 3.05. The quantitative estimate of drug-likeness (QED) is 0.676. The normalized spacial score (nSPS) is 10.7. The summed E-state index contributed by atoms with van der Waals surface area (Å²) in [6.07, 6.45) is 1.09. The van der Waals surface area contributed by atoms with Crippen LogP contribution in [-0.2, 0) is 17.9 Å². The lowest BCUT2D eigenvalue weighted by Gasteiger charge is -2.07. The first-order valence-corrected chi connectivity index (χ1v) is 8.51. The number of nitrogens with two attached hydrogens (primary N) is 1. The van der Waals surface area contributed by atoms with Crippen molar-refractivity contribution in [1.82, 2.24) is 0 Å². The minimum absolute atomic E-state index is 0.556. The Morgan fingerprint density at radius 2 is 1.65 bits per heavy atom. The molecule has 23 heavy (non-hydrogen) atoms. The summed E-state index contributed by atoms with van der Waals surface area (Å²) in [6, 6.07) is 16.0. The molecule has 0 heterocycles. The third-order valence-corrected chi connectivity index (χ3v) is 3.78. The molecule has 0 amide bonds. The van der Waals surface area contributed by atoms with Gasteiger partial charge in [0.25, 0.3) is 0 Å². The molecule has 0 radical (unpaired) electrons. The Bertz CT molecular complexity index is 555. The first kappa shape index (κ1) is 17.8. The van der Waals surface area contributed by atoms with Crippen molar-refractivity contribution < 1.29 is 14.8 Å². The average Bonchev–Trinajstić information content (AvgIpc) is 2.58. The number of hydrogen-bond acceptors (Lipinski definition) is 2. The summed E-state index contributed by atoms with van der Waals surface area (Å²) in [5.41, 5.74) is 2.42. The Kier molecular flexibility index (Phi) is 7.95. The van der Waals surface area contributed by atoms with Gasteiger partial charge in [-0.15, -0.1) is 0 Å². The summed E-state index contributed by atoms with van der Waals surface area (Å²) < 4.78 is 11.1. The zero-order valence-corrected chi connectivity index (χ0v) is 14.4. The van der Waals surface area contributed by atoms with E-state index in [4.69, 9.17) is 21.1 Å². The molecule has 0 fully saturated rings. The van der Waals surface area contributed by atoms with Crippen molar-refractivity contribution in [2.75, 3.05) is 19.8 Å². The van der Waals surface area contributed by atoms with E-state index in [1.165, 1.54) is 5.56 Å². The predicted molar refractivity (Wildman–Crippen MR) is 93.8 cm³/mol. The van der Waals surface area contributed by atoms with E-state index in [0.717, 1.165) is 49.1 Å². The van der Waals surface area contributed by atoms with Crippen molar-refractivity contribution >= 4 is 11.6 Å². The van der Waals surface area contributed by atoms with Gasteiger partial charge in [0.15, 0.2) is 0 Å². The largest absolute Gasteiger partial charge is 0.489 e. The monoisotopic (exact) mass is 334 g/mol. The summed E-state index contributed by atoms with van der Waals surface area (Å²) in [4.78, 5) is 0. The lowest BCUT2D eigenvalue weighted by atomic mass is 10.2. The lowest BCUT2D eigenvalue weighted by molar-refractivity contribution is -0.671. The molecule has 0 unspecified atom stereocenters. The highest BCUT2D eigenvalue weighted by Crippen LogP contribution is 2.15. The molecule has 0 atom stereocenters. The van der Waals surface area contributed by atoms with Gasteiger partial charge in [0, 0.05) is 23.6 Å². The van der Waals surface area contributed by atoms with Crippen LogP contribution in [0.2, 0.25) is 5.02 Å². The molecule has 2 N–H and O–H groups in total. The Morgan fingerprint density at radius 1 is 0.957 bits per heavy atom. The average molecular weight is 335 g/mol. The summed E-state index contributed by atoms with van der Waals surface area (Å²) in [7, 11) is 0. The van der Waals surface area contributed by atoms with Gasteiger partial charge in [-0.05, 0) is 48.9 Å². The minimum Gasteiger partial charge on any atom is -0.489 e. The van der Waals surface area contributed by atoms with E-state index in [2.05, 4.69) is 17.4 Å². The number of halogens is 1. The molecule has 0 bridgehead atoms. The molecule has 2 rings (SSSR count). The van der Waals surface area contributed by atoms with Crippen LogP contribution in [0.5, 0.6) is 5.75 Å². The van der Waals surface area contributed by atoms with Crippen molar-refractivity contribution in [3.05, 3.63) is 64.7 Å². The van der Waals surface area contributed by atoms with E-state index in [1.54, 1.807) is 0 Å². The van der Waals surface area contributed by atoms with Gasteiger partial charge in [0.2, 0.25) is 0 Å². The maximum absolute atomic E-state index is 5.87. The van der Waals surface area contributed by atoms with Gasteiger partial charge in [-0.3, -0.25) is 0 Å². The van der Waals surface area contributed by atoms with Gasteiger partial charge in [-0.25, -0.2) is 0 Å². The smallest absolute Gasteiger partial charge is 0.119 e. The molecular weight excluding hydrogens is 310 g/mol. The van der Waals surface area contributed by atoms with Crippen LogP contribution < -0.4 is 10.1 Å². The number of benzene rings is 2.